The minimum atomic E-state index is -1.18. The molecule has 1 unspecified atom stereocenters. The lowest BCUT2D eigenvalue weighted by Gasteiger charge is -2.21. The zero-order chi connectivity index (χ0) is 17.9. The number of imidazole rings is 1. The Kier molecular flexibility index (Phi) is 5.18. The number of ether oxygens (including phenoxy) is 1. The van der Waals surface area contributed by atoms with Crippen LogP contribution in [0.3, 0.4) is 0 Å². The Morgan fingerprint density at radius 1 is 1.42 bits per heavy atom. The molecule has 0 bridgehead atoms. The number of hydrogen-bond acceptors (Lipinski definition) is 4. The molecular weight excluding hydrogens is 317 g/mol. The topological polar surface area (TPSA) is 104 Å². The first-order chi connectivity index (χ1) is 11.2. The van der Waals surface area contributed by atoms with E-state index in [1.54, 1.807) is 0 Å². The summed E-state index contributed by atoms with van der Waals surface area (Å²) < 4.78 is 19.1. The van der Waals surface area contributed by atoms with E-state index in [-0.39, 0.29) is 24.1 Å². The van der Waals surface area contributed by atoms with Crippen LogP contribution in [0.15, 0.2) is 18.5 Å². The molecule has 1 amide bonds. The number of nitrogens with one attached hydrogen (secondary N) is 2. The normalized spacial score (nSPS) is 13.0. The van der Waals surface area contributed by atoms with Crippen LogP contribution in [-0.4, -0.2) is 45.2 Å². The third-order valence-electron chi connectivity index (χ3n) is 3.28. The molecule has 1 atom stereocenters. The van der Waals surface area contributed by atoms with Gasteiger partial charge in [-0.2, -0.15) is 0 Å². The van der Waals surface area contributed by atoms with Gasteiger partial charge in [-0.05, 0) is 32.9 Å². The Morgan fingerprint density at radius 2 is 2.12 bits per heavy atom. The first kappa shape index (κ1) is 17.9. The van der Waals surface area contributed by atoms with Crippen LogP contribution < -0.4 is 5.32 Å². The molecule has 0 spiro atoms. The Bertz CT molecular complexity index is 751. The second kappa shape index (κ2) is 6.96. The summed E-state index contributed by atoms with van der Waals surface area (Å²) in [7, 11) is 0. The van der Waals surface area contributed by atoms with Crippen LogP contribution in [0, 0.1) is 5.82 Å². The highest BCUT2D eigenvalue weighted by atomic mass is 19.1. The minimum Gasteiger partial charge on any atom is -0.480 e. The number of aromatic amines is 1. The summed E-state index contributed by atoms with van der Waals surface area (Å²) in [5.41, 5.74) is 0.220. The Balaban J connectivity index is 2.12. The maximum absolute atomic E-state index is 13.6. The number of H-pyrrole nitrogens is 1. The molecule has 1 aromatic heterocycles. The summed E-state index contributed by atoms with van der Waals surface area (Å²) in [4.78, 5) is 30.4. The quantitative estimate of drug-likeness (QED) is 0.749. The molecule has 130 valence electrons. The first-order valence-corrected chi connectivity index (χ1v) is 7.47. The maximum Gasteiger partial charge on any atom is 0.326 e. The van der Waals surface area contributed by atoms with E-state index in [9.17, 15) is 19.1 Å². The number of carbonyl (C=O) groups is 2. The molecule has 8 heteroatoms. The van der Waals surface area contributed by atoms with Gasteiger partial charge < -0.3 is 20.1 Å². The van der Waals surface area contributed by atoms with Gasteiger partial charge in [0.25, 0.3) is 5.91 Å². The van der Waals surface area contributed by atoms with Crippen LogP contribution in [0.2, 0.25) is 0 Å². The zero-order valence-corrected chi connectivity index (χ0v) is 13.7. The van der Waals surface area contributed by atoms with Crippen molar-refractivity contribution in [2.75, 3.05) is 6.61 Å². The number of carboxylic acid groups (broad SMARTS) is 1. The van der Waals surface area contributed by atoms with Crippen LogP contribution in [0.5, 0.6) is 0 Å². The van der Waals surface area contributed by atoms with E-state index < -0.39 is 29.3 Å². The Hall–Kier alpha value is -2.48. The molecule has 2 aromatic rings. The molecule has 0 aliphatic heterocycles. The van der Waals surface area contributed by atoms with Crippen molar-refractivity contribution >= 4 is 22.9 Å². The zero-order valence-electron chi connectivity index (χ0n) is 13.7. The fraction of sp³-hybridized carbons (Fsp3) is 0.438. The number of aliphatic carboxylic acids is 1. The number of nitrogens with zero attached hydrogens (tertiary/aromatic N) is 1. The van der Waals surface area contributed by atoms with E-state index in [0.29, 0.717) is 5.52 Å². The lowest BCUT2D eigenvalue weighted by Crippen LogP contribution is -2.42. The summed E-state index contributed by atoms with van der Waals surface area (Å²) in [6.07, 6.45) is 1.43. The third-order valence-corrected chi connectivity index (χ3v) is 3.28. The number of amides is 1. The van der Waals surface area contributed by atoms with Crippen molar-refractivity contribution in [2.45, 2.75) is 38.8 Å². The third kappa shape index (κ3) is 4.51. The summed E-state index contributed by atoms with van der Waals surface area (Å²) in [6.45, 7) is 5.72. The van der Waals surface area contributed by atoms with Gasteiger partial charge >= 0.3 is 5.97 Å². The average molecular weight is 337 g/mol. The highest BCUT2D eigenvalue weighted by molar-refractivity contribution is 6.05. The molecule has 0 saturated heterocycles. The maximum atomic E-state index is 13.6. The van der Waals surface area contributed by atoms with Gasteiger partial charge in [0.15, 0.2) is 0 Å². The summed E-state index contributed by atoms with van der Waals surface area (Å²) in [5.74, 6) is -2.50. The summed E-state index contributed by atoms with van der Waals surface area (Å²) in [5, 5.41) is 11.6. The van der Waals surface area contributed by atoms with Crippen LogP contribution >= 0.6 is 0 Å². The van der Waals surface area contributed by atoms with Crippen LogP contribution in [-0.2, 0) is 9.53 Å². The van der Waals surface area contributed by atoms with Gasteiger partial charge in [-0.3, -0.25) is 4.79 Å². The van der Waals surface area contributed by atoms with E-state index in [1.807, 2.05) is 20.8 Å². The number of benzene rings is 1. The molecule has 24 heavy (non-hydrogen) atoms. The van der Waals surface area contributed by atoms with Gasteiger partial charge in [0.05, 0.1) is 23.0 Å². The van der Waals surface area contributed by atoms with Crippen molar-refractivity contribution in [3.05, 3.63) is 29.8 Å². The van der Waals surface area contributed by atoms with Crippen molar-refractivity contribution in [1.82, 2.24) is 15.3 Å². The van der Waals surface area contributed by atoms with Crippen molar-refractivity contribution < 1.29 is 23.8 Å². The molecule has 0 aliphatic rings. The second-order valence-electron chi connectivity index (χ2n) is 6.37. The van der Waals surface area contributed by atoms with Gasteiger partial charge in [0.2, 0.25) is 0 Å². The van der Waals surface area contributed by atoms with Crippen molar-refractivity contribution in [1.29, 1.82) is 0 Å². The molecule has 0 radical (unpaired) electrons. The van der Waals surface area contributed by atoms with E-state index in [2.05, 4.69) is 15.3 Å². The molecule has 7 nitrogen and oxygen atoms in total. The SMILES string of the molecule is CC(C)(C)OCCC(NC(=O)c1cc(F)cc2[nH]cnc12)C(=O)O. The van der Waals surface area contributed by atoms with Crippen molar-refractivity contribution in [3.8, 4) is 0 Å². The van der Waals surface area contributed by atoms with Crippen LogP contribution in [0.1, 0.15) is 37.6 Å². The molecule has 0 aliphatic carbocycles. The fourth-order valence-electron chi connectivity index (χ4n) is 2.16. The molecule has 0 saturated carbocycles. The monoisotopic (exact) mass is 337 g/mol. The number of fused-ring (bicyclic) bond motifs is 1. The average Bonchev–Trinajstić information content (AvgIpc) is 2.91. The van der Waals surface area contributed by atoms with Crippen molar-refractivity contribution in [3.63, 3.8) is 0 Å². The Morgan fingerprint density at radius 3 is 2.75 bits per heavy atom. The van der Waals surface area contributed by atoms with Gasteiger partial charge in [-0.1, -0.05) is 0 Å². The Labute approximate surface area is 138 Å². The van der Waals surface area contributed by atoms with Gasteiger partial charge in [-0.15, -0.1) is 0 Å². The number of hydrogen-bond donors (Lipinski definition) is 3. The van der Waals surface area contributed by atoms with E-state index in [4.69, 9.17) is 4.74 Å². The minimum absolute atomic E-state index is 0.0192. The number of rotatable bonds is 6. The highest BCUT2D eigenvalue weighted by Gasteiger charge is 2.23. The van der Waals surface area contributed by atoms with E-state index >= 15 is 0 Å². The predicted octanol–water partition coefficient (Wildman–Crippen LogP) is 2.09. The smallest absolute Gasteiger partial charge is 0.326 e. The van der Waals surface area contributed by atoms with Gasteiger partial charge in [0, 0.05) is 13.0 Å². The summed E-state index contributed by atoms with van der Waals surface area (Å²) >= 11 is 0. The van der Waals surface area contributed by atoms with Crippen LogP contribution in [0.25, 0.3) is 11.0 Å². The molecule has 0 fully saturated rings. The fourth-order valence-corrected chi connectivity index (χ4v) is 2.16. The lowest BCUT2D eigenvalue weighted by atomic mass is 10.1. The molecule has 2 rings (SSSR count). The lowest BCUT2D eigenvalue weighted by molar-refractivity contribution is -0.140. The highest BCUT2D eigenvalue weighted by Crippen LogP contribution is 2.17. The van der Waals surface area contributed by atoms with Gasteiger partial charge in [0.1, 0.15) is 17.4 Å². The number of carbonyl (C=O) groups excluding carboxylic acids is 1. The van der Waals surface area contributed by atoms with Gasteiger partial charge in [-0.25, -0.2) is 14.2 Å². The molecule has 1 aromatic carbocycles. The van der Waals surface area contributed by atoms with E-state index in [0.717, 1.165) is 6.07 Å². The van der Waals surface area contributed by atoms with E-state index in [1.165, 1.54) is 12.4 Å². The van der Waals surface area contributed by atoms with Crippen LogP contribution in [0.4, 0.5) is 4.39 Å². The largest absolute Gasteiger partial charge is 0.480 e. The second-order valence-corrected chi connectivity index (χ2v) is 6.37. The molecular formula is C16H20FN3O4. The number of halogens is 1. The molecule has 1 heterocycles. The number of aromatic nitrogens is 2. The standard InChI is InChI=1S/C16H20FN3O4/c1-16(2,3)24-5-4-11(15(22)23)20-14(21)10-6-9(17)7-12-13(10)19-8-18-12/h6-8,11H,4-5H2,1-3H3,(H,18,19)(H,20,21)(H,22,23). The number of carboxylic acids is 1. The summed E-state index contributed by atoms with van der Waals surface area (Å²) in [6, 6.07) is 1.10. The van der Waals surface area contributed by atoms with Crippen molar-refractivity contribution in [2.24, 2.45) is 0 Å². The molecule has 3 N–H and O–H groups in total. The predicted molar refractivity (Wildman–Crippen MR) is 85.3 cm³/mol. The first-order valence-electron chi connectivity index (χ1n) is 7.47.